The molecule has 3 aromatic rings. The number of nitrogens with one attached hydrogen (secondary N) is 3. The van der Waals surface area contributed by atoms with Crippen LogP contribution in [0.1, 0.15) is 40.4 Å². The van der Waals surface area contributed by atoms with Crippen LogP contribution < -0.4 is 16.0 Å². The van der Waals surface area contributed by atoms with Gasteiger partial charge in [0.2, 0.25) is 0 Å². The van der Waals surface area contributed by atoms with Gasteiger partial charge in [0, 0.05) is 23.5 Å². The van der Waals surface area contributed by atoms with Crippen molar-refractivity contribution in [2.75, 3.05) is 17.2 Å². The van der Waals surface area contributed by atoms with Crippen LogP contribution in [-0.2, 0) is 14.6 Å². The van der Waals surface area contributed by atoms with Gasteiger partial charge in [-0.05, 0) is 66.9 Å². The number of sulfone groups is 1. The standard InChI is InChI=1S/C27H27N3O5S/c31-26(32)18-24(19-7-2-1-3-8-19)36(34,35)23-10-6-9-22(17-23)30-27(33)20-12-14-21(15-13-20)29-25-11-4-5-16-28-25/h1-3,6-15,17,24,28-29H,4-5,16,18H2,(H,30,33)(H,31,32). The molecule has 0 aliphatic carbocycles. The second-order valence-corrected chi connectivity index (χ2v) is 10.5. The summed E-state index contributed by atoms with van der Waals surface area (Å²) in [6.45, 7) is 0.913. The molecular weight excluding hydrogens is 478 g/mol. The number of allylic oxidation sites excluding steroid dienone is 1. The fourth-order valence-electron chi connectivity index (χ4n) is 3.95. The zero-order valence-electron chi connectivity index (χ0n) is 19.5. The summed E-state index contributed by atoms with van der Waals surface area (Å²) in [6, 6.07) is 21.1. The number of carbonyl (C=O) groups excluding carboxylic acids is 1. The fourth-order valence-corrected chi connectivity index (χ4v) is 5.72. The smallest absolute Gasteiger partial charge is 0.305 e. The first-order chi connectivity index (χ1) is 17.3. The molecule has 8 nitrogen and oxygen atoms in total. The summed E-state index contributed by atoms with van der Waals surface area (Å²) in [5, 5.41) is 17.3. The number of aliphatic carboxylic acids is 1. The van der Waals surface area contributed by atoms with Crippen LogP contribution in [0.5, 0.6) is 0 Å². The van der Waals surface area contributed by atoms with E-state index in [-0.39, 0.29) is 4.90 Å². The van der Waals surface area contributed by atoms with Crippen molar-refractivity contribution in [2.24, 2.45) is 0 Å². The highest BCUT2D eigenvalue weighted by molar-refractivity contribution is 7.91. The second-order valence-electron chi connectivity index (χ2n) is 8.41. The molecule has 0 bridgehead atoms. The van der Waals surface area contributed by atoms with E-state index in [0.717, 1.165) is 30.9 Å². The molecule has 0 saturated heterocycles. The van der Waals surface area contributed by atoms with Gasteiger partial charge >= 0.3 is 5.97 Å². The lowest BCUT2D eigenvalue weighted by atomic mass is 10.1. The zero-order valence-corrected chi connectivity index (χ0v) is 20.3. The molecule has 4 N–H and O–H groups in total. The van der Waals surface area contributed by atoms with E-state index < -0.39 is 33.4 Å². The molecule has 0 fully saturated rings. The van der Waals surface area contributed by atoms with Crippen molar-refractivity contribution in [3.05, 3.63) is 102 Å². The third-order valence-electron chi connectivity index (χ3n) is 5.80. The van der Waals surface area contributed by atoms with Gasteiger partial charge in [-0.1, -0.05) is 36.4 Å². The maximum absolute atomic E-state index is 13.4. The first-order valence-electron chi connectivity index (χ1n) is 11.6. The van der Waals surface area contributed by atoms with E-state index in [4.69, 9.17) is 0 Å². The lowest BCUT2D eigenvalue weighted by Gasteiger charge is -2.18. The zero-order chi connectivity index (χ0) is 25.5. The van der Waals surface area contributed by atoms with Gasteiger partial charge in [0.1, 0.15) is 5.25 Å². The van der Waals surface area contributed by atoms with E-state index in [1.807, 2.05) is 0 Å². The fraction of sp³-hybridized carbons (Fsp3) is 0.185. The minimum atomic E-state index is -4.04. The normalized spacial score (nSPS) is 14.2. The van der Waals surface area contributed by atoms with Crippen molar-refractivity contribution in [1.29, 1.82) is 0 Å². The Morgan fingerprint density at radius 2 is 1.69 bits per heavy atom. The third-order valence-corrected chi connectivity index (χ3v) is 7.90. The minimum absolute atomic E-state index is 0.0665. The molecular formula is C27H27N3O5S. The number of carboxylic acids is 1. The highest BCUT2D eigenvalue weighted by Gasteiger charge is 2.31. The van der Waals surface area contributed by atoms with E-state index in [1.165, 1.54) is 18.2 Å². The summed E-state index contributed by atoms with van der Waals surface area (Å²) in [5.41, 5.74) is 1.93. The molecule has 1 unspecified atom stereocenters. The minimum Gasteiger partial charge on any atom is -0.481 e. The van der Waals surface area contributed by atoms with Crippen molar-refractivity contribution < 1.29 is 23.1 Å². The van der Waals surface area contributed by atoms with Crippen LogP contribution in [0, 0.1) is 0 Å². The van der Waals surface area contributed by atoms with Crippen LogP contribution in [0.15, 0.2) is 95.7 Å². The highest BCUT2D eigenvalue weighted by Crippen LogP contribution is 2.33. The SMILES string of the molecule is O=C(O)CC(c1ccccc1)S(=O)(=O)c1cccc(NC(=O)c2ccc(NC3=CCCCN3)cc2)c1. The van der Waals surface area contributed by atoms with E-state index in [0.29, 0.717) is 16.8 Å². The summed E-state index contributed by atoms with van der Waals surface area (Å²) in [6.07, 6.45) is 3.62. The Labute approximate surface area is 210 Å². The van der Waals surface area contributed by atoms with Crippen molar-refractivity contribution in [2.45, 2.75) is 29.4 Å². The van der Waals surface area contributed by atoms with Gasteiger partial charge in [0.15, 0.2) is 9.84 Å². The molecule has 1 heterocycles. The van der Waals surface area contributed by atoms with Crippen molar-refractivity contribution >= 4 is 33.1 Å². The Hall–Kier alpha value is -4.11. The molecule has 1 aliphatic rings. The number of hydrogen-bond acceptors (Lipinski definition) is 6. The van der Waals surface area contributed by atoms with Crippen LogP contribution in [0.4, 0.5) is 11.4 Å². The number of anilines is 2. The predicted octanol–water partition coefficient (Wildman–Crippen LogP) is 4.57. The summed E-state index contributed by atoms with van der Waals surface area (Å²) >= 11 is 0. The number of hydrogen-bond donors (Lipinski definition) is 4. The first kappa shape index (κ1) is 25.0. The van der Waals surface area contributed by atoms with Gasteiger partial charge in [-0.3, -0.25) is 9.59 Å². The summed E-state index contributed by atoms with van der Waals surface area (Å²) in [7, 11) is -4.04. The quantitative estimate of drug-likeness (QED) is 0.336. The molecule has 3 aromatic carbocycles. The van der Waals surface area contributed by atoms with E-state index >= 15 is 0 Å². The Morgan fingerprint density at radius 1 is 0.944 bits per heavy atom. The van der Waals surface area contributed by atoms with Crippen LogP contribution in [-0.4, -0.2) is 31.9 Å². The molecule has 0 radical (unpaired) electrons. The topological polar surface area (TPSA) is 125 Å². The number of rotatable bonds is 9. The van der Waals surface area contributed by atoms with Gasteiger partial charge in [-0.2, -0.15) is 0 Å². The van der Waals surface area contributed by atoms with Crippen LogP contribution >= 0.6 is 0 Å². The summed E-state index contributed by atoms with van der Waals surface area (Å²) in [4.78, 5) is 24.2. The van der Waals surface area contributed by atoms with Crippen LogP contribution in [0.2, 0.25) is 0 Å². The number of carbonyl (C=O) groups is 2. The average molecular weight is 506 g/mol. The molecule has 186 valence electrons. The van der Waals surface area contributed by atoms with Crippen molar-refractivity contribution in [3.8, 4) is 0 Å². The molecule has 0 saturated carbocycles. The van der Waals surface area contributed by atoms with Gasteiger partial charge in [0.25, 0.3) is 5.91 Å². The lowest BCUT2D eigenvalue weighted by molar-refractivity contribution is -0.137. The third kappa shape index (κ3) is 6.11. The molecule has 1 aliphatic heterocycles. The van der Waals surface area contributed by atoms with Gasteiger partial charge in [-0.25, -0.2) is 8.42 Å². The van der Waals surface area contributed by atoms with Crippen molar-refractivity contribution in [1.82, 2.24) is 5.32 Å². The van der Waals surface area contributed by atoms with Crippen LogP contribution in [0.3, 0.4) is 0 Å². The Kier molecular flexibility index (Phi) is 7.70. The molecule has 1 atom stereocenters. The lowest BCUT2D eigenvalue weighted by Crippen LogP contribution is -2.23. The largest absolute Gasteiger partial charge is 0.481 e. The van der Waals surface area contributed by atoms with Crippen molar-refractivity contribution in [3.63, 3.8) is 0 Å². The van der Waals surface area contributed by atoms with E-state index in [9.17, 15) is 23.1 Å². The molecule has 0 spiro atoms. The highest BCUT2D eigenvalue weighted by atomic mass is 32.2. The Morgan fingerprint density at radius 3 is 2.36 bits per heavy atom. The summed E-state index contributed by atoms with van der Waals surface area (Å²) in [5.74, 6) is -0.671. The average Bonchev–Trinajstić information content (AvgIpc) is 2.89. The van der Waals surface area contributed by atoms with E-state index in [2.05, 4.69) is 22.0 Å². The second kappa shape index (κ2) is 11.1. The monoisotopic (exact) mass is 505 g/mol. The maximum atomic E-state index is 13.4. The molecule has 9 heteroatoms. The molecule has 36 heavy (non-hydrogen) atoms. The first-order valence-corrected chi connectivity index (χ1v) is 13.1. The number of carboxylic acid groups (broad SMARTS) is 1. The van der Waals surface area contributed by atoms with Gasteiger partial charge < -0.3 is 21.1 Å². The van der Waals surface area contributed by atoms with E-state index in [1.54, 1.807) is 60.7 Å². The maximum Gasteiger partial charge on any atom is 0.305 e. The molecule has 0 aromatic heterocycles. The molecule has 1 amide bonds. The van der Waals surface area contributed by atoms with Gasteiger partial charge in [-0.15, -0.1) is 0 Å². The Balaban J connectivity index is 1.50. The number of amides is 1. The summed E-state index contributed by atoms with van der Waals surface area (Å²) < 4.78 is 26.8. The Bertz CT molecular complexity index is 1370. The predicted molar refractivity (Wildman–Crippen MR) is 138 cm³/mol. The molecule has 4 rings (SSSR count). The van der Waals surface area contributed by atoms with Crippen LogP contribution in [0.25, 0.3) is 0 Å². The number of benzene rings is 3. The van der Waals surface area contributed by atoms with Gasteiger partial charge in [0.05, 0.1) is 17.1 Å².